The fourth-order valence-electron chi connectivity index (χ4n) is 2.90. The zero-order valence-electron chi connectivity index (χ0n) is 12.9. The average molecular weight is 310 g/mol. The van der Waals surface area contributed by atoms with Gasteiger partial charge in [0.25, 0.3) is 5.91 Å². The predicted molar refractivity (Wildman–Crippen MR) is 86.1 cm³/mol. The zero-order chi connectivity index (χ0) is 16.2. The van der Waals surface area contributed by atoms with Gasteiger partial charge in [-0.05, 0) is 37.6 Å². The first-order valence-electron chi connectivity index (χ1n) is 7.71. The number of hydrogen-bond donors (Lipinski definition) is 0. The van der Waals surface area contributed by atoms with E-state index in [-0.39, 0.29) is 24.3 Å². The standard InChI is InChI=1S/C18H18N2O3/c1-2-23-16(21)11-10-15-17-14(9-6-12-19-17)18(22)20(15)13-7-4-3-5-8-13/h3-9,12,15H,2,10-11H2,1H3. The normalized spacial score (nSPS) is 16.3. The van der Waals surface area contributed by atoms with Gasteiger partial charge in [-0.1, -0.05) is 18.2 Å². The van der Waals surface area contributed by atoms with Gasteiger partial charge in [0.2, 0.25) is 0 Å². The molecule has 2 heterocycles. The van der Waals surface area contributed by atoms with Gasteiger partial charge in [0.1, 0.15) is 0 Å². The third-order valence-electron chi connectivity index (χ3n) is 3.88. The maximum absolute atomic E-state index is 12.7. The number of para-hydroxylation sites is 1. The number of nitrogens with zero attached hydrogens (tertiary/aromatic N) is 2. The van der Waals surface area contributed by atoms with Crippen molar-refractivity contribution in [3.8, 4) is 0 Å². The Hall–Kier alpha value is -2.69. The van der Waals surface area contributed by atoms with E-state index in [1.54, 1.807) is 30.2 Å². The SMILES string of the molecule is CCOC(=O)CCC1c2ncccc2C(=O)N1c1ccccc1. The van der Waals surface area contributed by atoms with Crippen molar-refractivity contribution in [2.45, 2.75) is 25.8 Å². The van der Waals surface area contributed by atoms with E-state index in [9.17, 15) is 9.59 Å². The smallest absolute Gasteiger partial charge is 0.305 e. The summed E-state index contributed by atoms with van der Waals surface area (Å²) in [7, 11) is 0. The summed E-state index contributed by atoms with van der Waals surface area (Å²) in [6.45, 7) is 2.14. The van der Waals surface area contributed by atoms with E-state index in [2.05, 4.69) is 4.98 Å². The molecular formula is C18H18N2O3. The van der Waals surface area contributed by atoms with Crippen molar-refractivity contribution >= 4 is 17.6 Å². The van der Waals surface area contributed by atoms with Crippen molar-refractivity contribution in [1.29, 1.82) is 0 Å². The van der Waals surface area contributed by atoms with Crippen LogP contribution in [0.15, 0.2) is 48.7 Å². The number of anilines is 1. The number of esters is 1. The van der Waals surface area contributed by atoms with Crippen LogP contribution >= 0.6 is 0 Å². The first-order valence-corrected chi connectivity index (χ1v) is 7.71. The second kappa shape index (κ2) is 6.60. The molecule has 1 aliphatic rings. The van der Waals surface area contributed by atoms with Crippen LogP contribution in [0.2, 0.25) is 0 Å². The number of fused-ring (bicyclic) bond motifs is 1. The maximum atomic E-state index is 12.7. The van der Waals surface area contributed by atoms with E-state index in [0.29, 0.717) is 18.6 Å². The molecule has 1 aliphatic heterocycles. The summed E-state index contributed by atoms with van der Waals surface area (Å²) in [6.07, 6.45) is 2.42. The average Bonchev–Trinajstić information content (AvgIpc) is 2.87. The van der Waals surface area contributed by atoms with Gasteiger partial charge < -0.3 is 4.74 Å². The van der Waals surface area contributed by atoms with Crippen LogP contribution in [-0.2, 0) is 9.53 Å². The highest BCUT2D eigenvalue weighted by molar-refractivity contribution is 6.10. The number of carbonyl (C=O) groups is 2. The molecule has 5 nitrogen and oxygen atoms in total. The third-order valence-corrected chi connectivity index (χ3v) is 3.88. The number of carbonyl (C=O) groups excluding carboxylic acids is 2. The molecule has 0 saturated carbocycles. The van der Waals surface area contributed by atoms with Crippen LogP contribution < -0.4 is 4.90 Å². The molecule has 3 rings (SSSR count). The Morgan fingerprint density at radius 1 is 1.22 bits per heavy atom. The van der Waals surface area contributed by atoms with E-state index in [1.807, 2.05) is 30.3 Å². The molecule has 1 unspecified atom stereocenters. The van der Waals surface area contributed by atoms with E-state index in [1.165, 1.54) is 0 Å². The fraction of sp³-hybridized carbons (Fsp3) is 0.278. The molecule has 0 aliphatic carbocycles. The van der Waals surface area contributed by atoms with Gasteiger partial charge in [-0.3, -0.25) is 19.5 Å². The molecule has 1 amide bonds. The Balaban J connectivity index is 1.91. The Bertz CT molecular complexity index is 715. The van der Waals surface area contributed by atoms with Crippen molar-refractivity contribution in [2.24, 2.45) is 0 Å². The molecule has 2 aromatic rings. The summed E-state index contributed by atoms with van der Waals surface area (Å²) >= 11 is 0. The molecular weight excluding hydrogens is 292 g/mol. The van der Waals surface area contributed by atoms with Gasteiger partial charge in [-0.25, -0.2) is 0 Å². The molecule has 0 radical (unpaired) electrons. The largest absolute Gasteiger partial charge is 0.466 e. The molecule has 5 heteroatoms. The Kier molecular flexibility index (Phi) is 4.37. The molecule has 0 bridgehead atoms. The molecule has 1 aromatic carbocycles. The number of rotatable bonds is 5. The maximum Gasteiger partial charge on any atom is 0.305 e. The molecule has 0 fully saturated rings. The van der Waals surface area contributed by atoms with Gasteiger partial charge in [0.05, 0.1) is 23.9 Å². The molecule has 1 atom stereocenters. The van der Waals surface area contributed by atoms with E-state index in [4.69, 9.17) is 4.74 Å². The Morgan fingerprint density at radius 2 is 2.00 bits per heavy atom. The topological polar surface area (TPSA) is 59.5 Å². The molecule has 0 N–H and O–H groups in total. The van der Waals surface area contributed by atoms with Gasteiger partial charge in [-0.2, -0.15) is 0 Å². The van der Waals surface area contributed by atoms with Crippen LogP contribution in [0.25, 0.3) is 0 Å². The molecule has 118 valence electrons. The van der Waals surface area contributed by atoms with E-state index >= 15 is 0 Å². The van der Waals surface area contributed by atoms with Crippen LogP contribution in [0.3, 0.4) is 0 Å². The highest BCUT2D eigenvalue weighted by atomic mass is 16.5. The predicted octanol–water partition coefficient (Wildman–Crippen LogP) is 3.13. The Morgan fingerprint density at radius 3 is 2.74 bits per heavy atom. The van der Waals surface area contributed by atoms with Gasteiger partial charge in [0, 0.05) is 18.3 Å². The van der Waals surface area contributed by atoms with Crippen molar-refractivity contribution in [3.63, 3.8) is 0 Å². The summed E-state index contributed by atoms with van der Waals surface area (Å²) in [5.74, 6) is -0.328. The third kappa shape index (κ3) is 2.95. The fourth-order valence-corrected chi connectivity index (χ4v) is 2.90. The summed E-state index contributed by atoms with van der Waals surface area (Å²) in [5, 5.41) is 0. The number of benzene rings is 1. The van der Waals surface area contributed by atoms with Gasteiger partial charge in [0.15, 0.2) is 0 Å². The van der Waals surface area contributed by atoms with E-state index in [0.717, 1.165) is 11.4 Å². The molecule has 23 heavy (non-hydrogen) atoms. The summed E-state index contributed by atoms with van der Waals surface area (Å²) in [6, 6.07) is 12.8. The lowest BCUT2D eigenvalue weighted by Gasteiger charge is -2.24. The van der Waals surface area contributed by atoms with Crippen molar-refractivity contribution in [2.75, 3.05) is 11.5 Å². The lowest BCUT2D eigenvalue weighted by atomic mass is 10.1. The van der Waals surface area contributed by atoms with Crippen molar-refractivity contribution < 1.29 is 14.3 Å². The number of aromatic nitrogens is 1. The molecule has 1 aromatic heterocycles. The number of amides is 1. The first-order chi connectivity index (χ1) is 11.2. The number of hydrogen-bond acceptors (Lipinski definition) is 4. The number of pyridine rings is 1. The van der Waals surface area contributed by atoms with Crippen LogP contribution in [0, 0.1) is 0 Å². The molecule has 0 spiro atoms. The summed E-state index contributed by atoms with van der Waals surface area (Å²) in [4.78, 5) is 30.5. The monoisotopic (exact) mass is 310 g/mol. The zero-order valence-corrected chi connectivity index (χ0v) is 12.9. The lowest BCUT2D eigenvalue weighted by Crippen LogP contribution is -2.28. The van der Waals surface area contributed by atoms with Gasteiger partial charge in [-0.15, -0.1) is 0 Å². The van der Waals surface area contributed by atoms with Crippen LogP contribution in [-0.4, -0.2) is 23.5 Å². The number of ether oxygens (including phenoxy) is 1. The second-order valence-electron chi connectivity index (χ2n) is 5.31. The highest BCUT2D eigenvalue weighted by Crippen LogP contribution is 2.38. The van der Waals surface area contributed by atoms with Crippen LogP contribution in [0.1, 0.15) is 41.9 Å². The van der Waals surface area contributed by atoms with E-state index < -0.39 is 0 Å². The lowest BCUT2D eigenvalue weighted by molar-refractivity contribution is -0.143. The van der Waals surface area contributed by atoms with Crippen molar-refractivity contribution in [3.05, 3.63) is 59.9 Å². The minimum absolute atomic E-state index is 0.0758. The Labute approximate surface area is 134 Å². The van der Waals surface area contributed by atoms with Gasteiger partial charge >= 0.3 is 5.97 Å². The highest BCUT2D eigenvalue weighted by Gasteiger charge is 2.38. The van der Waals surface area contributed by atoms with Crippen molar-refractivity contribution in [1.82, 2.24) is 4.98 Å². The quantitative estimate of drug-likeness (QED) is 0.796. The first kappa shape index (κ1) is 15.2. The van der Waals surface area contributed by atoms with Crippen LogP contribution in [0.4, 0.5) is 5.69 Å². The molecule has 0 saturated heterocycles. The second-order valence-corrected chi connectivity index (χ2v) is 5.31. The summed E-state index contributed by atoms with van der Waals surface area (Å²) < 4.78 is 4.99. The minimum Gasteiger partial charge on any atom is -0.466 e. The van der Waals surface area contributed by atoms with Crippen LogP contribution in [0.5, 0.6) is 0 Å². The summed E-state index contributed by atoms with van der Waals surface area (Å²) in [5.41, 5.74) is 2.14. The minimum atomic E-state index is -0.252.